The molecule has 0 radical (unpaired) electrons. The number of ketones is 3. The van der Waals surface area contributed by atoms with Crippen molar-refractivity contribution >= 4 is 29.3 Å². The highest BCUT2D eigenvalue weighted by molar-refractivity contribution is 6.55. The minimum absolute atomic E-state index is 0.0737. The summed E-state index contributed by atoms with van der Waals surface area (Å²) in [5.74, 6) is 1.75. The molecule has 8 heteroatoms. The van der Waals surface area contributed by atoms with E-state index in [4.69, 9.17) is 0 Å². The van der Waals surface area contributed by atoms with E-state index in [0.29, 0.717) is 24.8 Å². The van der Waals surface area contributed by atoms with Gasteiger partial charge in [0.25, 0.3) is 0 Å². The van der Waals surface area contributed by atoms with Crippen molar-refractivity contribution < 1.29 is 24.0 Å². The Labute approximate surface area is 193 Å². The SMILES string of the molecule is CC#CCCCN=C(C(=O)CC(NO)c1cccc(F)c1)C1C=NCC(CCC)C(=O)C1=O. The van der Waals surface area contributed by atoms with Gasteiger partial charge in [-0.25, -0.2) is 4.39 Å². The summed E-state index contributed by atoms with van der Waals surface area (Å²) in [7, 11) is 0. The number of benzene rings is 1. The molecule has 0 saturated carbocycles. The Morgan fingerprint density at radius 1 is 1.36 bits per heavy atom. The van der Waals surface area contributed by atoms with Crippen molar-refractivity contribution in [2.24, 2.45) is 21.8 Å². The maximum absolute atomic E-state index is 13.6. The number of carbonyl (C=O) groups excluding carboxylic acids is 3. The number of Topliss-reactive ketones (excluding diaryl/α,β-unsaturated/α-hetero) is 3. The summed E-state index contributed by atoms with van der Waals surface area (Å²) in [4.78, 5) is 47.5. The number of nitrogens with one attached hydrogen (secondary N) is 1. The standard InChI is InChI=1S/C25H30FN3O4/c1-3-5-6-7-12-28-23(20-16-27-15-18(9-4-2)24(31)25(20)32)22(30)14-21(29-33)17-10-8-11-19(26)13-17/h8,10-11,13,16,18,20-21,29,33H,4,6-7,9,12,14-15H2,1-2H3. The van der Waals surface area contributed by atoms with Crippen LogP contribution in [0.15, 0.2) is 34.3 Å². The Morgan fingerprint density at radius 2 is 2.15 bits per heavy atom. The Bertz CT molecular complexity index is 977. The lowest BCUT2D eigenvalue weighted by Gasteiger charge is -2.18. The Morgan fingerprint density at radius 3 is 2.82 bits per heavy atom. The van der Waals surface area contributed by atoms with Gasteiger partial charge >= 0.3 is 0 Å². The highest BCUT2D eigenvalue weighted by Gasteiger charge is 2.37. The summed E-state index contributed by atoms with van der Waals surface area (Å²) in [6.07, 6.45) is 3.49. The molecule has 0 aromatic heterocycles. The Kier molecular flexibility index (Phi) is 10.7. The van der Waals surface area contributed by atoms with Gasteiger partial charge in [-0.1, -0.05) is 25.5 Å². The van der Waals surface area contributed by atoms with E-state index in [1.165, 1.54) is 24.4 Å². The number of hydrogen-bond acceptors (Lipinski definition) is 7. The van der Waals surface area contributed by atoms with Gasteiger partial charge in [0.1, 0.15) is 11.7 Å². The predicted molar refractivity (Wildman–Crippen MR) is 124 cm³/mol. The summed E-state index contributed by atoms with van der Waals surface area (Å²) in [6.45, 7) is 4.10. The number of unbranched alkanes of at least 4 members (excludes halogenated alkanes) is 1. The molecule has 1 aromatic carbocycles. The largest absolute Gasteiger partial charge is 0.316 e. The van der Waals surface area contributed by atoms with Crippen molar-refractivity contribution in [2.45, 2.75) is 52.0 Å². The van der Waals surface area contributed by atoms with E-state index < -0.39 is 41.0 Å². The summed E-state index contributed by atoms with van der Waals surface area (Å²) in [6, 6.07) is 4.59. The van der Waals surface area contributed by atoms with Gasteiger partial charge in [0.05, 0.1) is 11.8 Å². The number of nitrogens with zero attached hydrogens (tertiary/aromatic N) is 2. The van der Waals surface area contributed by atoms with Crippen molar-refractivity contribution in [3.63, 3.8) is 0 Å². The van der Waals surface area contributed by atoms with Crippen LogP contribution in [0.3, 0.4) is 0 Å². The molecule has 0 aliphatic carbocycles. The maximum atomic E-state index is 13.6. The van der Waals surface area contributed by atoms with E-state index in [1.54, 1.807) is 13.0 Å². The number of hydrogen-bond donors (Lipinski definition) is 2. The number of carbonyl (C=O) groups is 3. The topological polar surface area (TPSA) is 108 Å². The van der Waals surface area contributed by atoms with Gasteiger partial charge < -0.3 is 5.21 Å². The number of hydroxylamine groups is 1. The molecule has 2 N–H and O–H groups in total. The van der Waals surface area contributed by atoms with E-state index >= 15 is 0 Å². The summed E-state index contributed by atoms with van der Waals surface area (Å²) >= 11 is 0. The first kappa shape index (κ1) is 26.2. The normalized spacial score (nSPS) is 19.6. The molecule has 3 atom stereocenters. The number of halogens is 1. The molecule has 3 unspecified atom stereocenters. The zero-order valence-corrected chi connectivity index (χ0v) is 19.0. The first-order valence-corrected chi connectivity index (χ1v) is 11.1. The third-order valence-electron chi connectivity index (χ3n) is 5.41. The van der Waals surface area contributed by atoms with E-state index in [-0.39, 0.29) is 25.2 Å². The fraction of sp³-hybridized carbons (Fsp3) is 0.480. The van der Waals surface area contributed by atoms with E-state index in [9.17, 15) is 24.0 Å². The van der Waals surface area contributed by atoms with Crippen molar-refractivity contribution in [3.05, 3.63) is 35.6 Å². The van der Waals surface area contributed by atoms with Crippen molar-refractivity contribution in [1.29, 1.82) is 0 Å². The van der Waals surface area contributed by atoms with Gasteiger partial charge in [-0.05, 0) is 37.5 Å². The molecule has 0 saturated heterocycles. The second-order valence-corrected chi connectivity index (χ2v) is 7.87. The second-order valence-electron chi connectivity index (χ2n) is 7.87. The van der Waals surface area contributed by atoms with Gasteiger partial charge in [0, 0.05) is 38.1 Å². The molecule has 7 nitrogen and oxygen atoms in total. The van der Waals surface area contributed by atoms with Crippen LogP contribution >= 0.6 is 0 Å². The molecule has 0 amide bonds. The van der Waals surface area contributed by atoms with Crippen LogP contribution in [0.4, 0.5) is 4.39 Å². The number of aliphatic imine (C=N–C) groups is 2. The fourth-order valence-electron chi connectivity index (χ4n) is 3.67. The maximum Gasteiger partial charge on any atom is 0.213 e. The van der Waals surface area contributed by atoms with Crippen molar-refractivity contribution in [1.82, 2.24) is 5.48 Å². The molecular formula is C25H30FN3O4. The van der Waals surface area contributed by atoms with Crippen molar-refractivity contribution in [2.75, 3.05) is 13.1 Å². The average molecular weight is 456 g/mol. The van der Waals surface area contributed by atoms with Crippen LogP contribution in [0.5, 0.6) is 0 Å². The van der Waals surface area contributed by atoms with Gasteiger partial charge in [0.15, 0.2) is 5.78 Å². The van der Waals surface area contributed by atoms with E-state index in [1.807, 2.05) is 12.4 Å². The van der Waals surface area contributed by atoms with E-state index in [0.717, 1.165) is 6.42 Å². The highest BCUT2D eigenvalue weighted by atomic mass is 19.1. The fourth-order valence-corrected chi connectivity index (χ4v) is 3.67. The quantitative estimate of drug-likeness (QED) is 0.175. The molecule has 1 aromatic rings. The minimum atomic E-state index is -1.17. The molecule has 176 valence electrons. The predicted octanol–water partition coefficient (Wildman–Crippen LogP) is 3.30. The van der Waals surface area contributed by atoms with Crippen LogP contribution in [-0.4, -0.2) is 47.6 Å². The first-order chi connectivity index (χ1) is 15.9. The van der Waals surface area contributed by atoms with Crippen molar-refractivity contribution in [3.8, 4) is 11.8 Å². The first-order valence-electron chi connectivity index (χ1n) is 11.1. The average Bonchev–Trinajstić information content (AvgIpc) is 2.94. The van der Waals surface area contributed by atoms with Crippen LogP contribution in [0.25, 0.3) is 0 Å². The summed E-state index contributed by atoms with van der Waals surface area (Å²) in [5, 5.41) is 9.59. The second kappa shape index (κ2) is 13.5. The molecule has 1 aliphatic heterocycles. The lowest BCUT2D eigenvalue weighted by Crippen LogP contribution is -2.38. The van der Waals surface area contributed by atoms with Crippen LogP contribution in [-0.2, 0) is 14.4 Å². The van der Waals surface area contributed by atoms with Crippen LogP contribution in [0, 0.1) is 29.5 Å². The summed E-state index contributed by atoms with van der Waals surface area (Å²) < 4.78 is 13.6. The molecular weight excluding hydrogens is 425 g/mol. The zero-order chi connectivity index (χ0) is 24.2. The molecule has 1 heterocycles. The monoisotopic (exact) mass is 455 g/mol. The van der Waals surface area contributed by atoms with Crippen LogP contribution < -0.4 is 5.48 Å². The van der Waals surface area contributed by atoms with Gasteiger partial charge in [-0.2, -0.15) is 5.48 Å². The third kappa shape index (κ3) is 7.52. The Hall–Kier alpha value is -3.02. The summed E-state index contributed by atoms with van der Waals surface area (Å²) in [5.41, 5.74) is 2.32. The molecule has 1 aliphatic rings. The molecule has 0 fully saturated rings. The molecule has 2 rings (SSSR count). The third-order valence-corrected chi connectivity index (χ3v) is 5.41. The molecule has 0 spiro atoms. The van der Waals surface area contributed by atoms with Gasteiger partial charge in [-0.3, -0.25) is 24.4 Å². The molecule has 33 heavy (non-hydrogen) atoms. The molecule has 0 bridgehead atoms. The van der Waals surface area contributed by atoms with Gasteiger partial charge in [-0.15, -0.1) is 11.8 Å². The van der Waals surface area contributed by atoms with Crippen LogP contribution in [0.1, 0.15) is 57.6 Å². The minimum Gasteiger partial charge on any atom is -0.316 e. The Balaban J connectivity index is 2.31. The van der Waals surface area contributed by atoms with Gasteiger partial charge in [0.2, 0.25) is 11.6 Å². The smallest absolute Gasteiger partial charge is 0.213 e. The highest BCUT2D eigenvalue weighted by Crippen LogP contribution is 2.21. The van der Waals surface area contributed by atoms with E-state index in [2.05, 4.69) is 21.8 Å². The number of rotatable bonds is 11. The van der Waals surface area contributed by atoms with Crippen LogP contribution in [0.2, 0.25) is 0 Å². The zero-order valence-electron chi connectivity index (χ0n) is 19.0. The lowest BCUT2D eigenvalue weighted by atomic mass is 9.87. The lowest BCUT2D eigenvalue weighted by molar-refractivity contribution is -0.139.